The number of nitro benzene ring substituents is 1. The fraction of sp³-hybridized carbons (Fsp3) is 0.600. The van der Waals surface area contributed by atoms with Gasteiger partial charge in [0.05, 0.1) is 10.2 Å². The summed E-state index contributed by atoms with van der Waals surface area (Å²) in [7, 11) is -3.87. The average Bonchev–Trinajstić information content (AvgIpc) is 2.73. The van der Waals surface area contributed by atoms with Crippen LogP contribution in [-0.2, 0) is 26.0 Å². The summed E-state index contributed by atoms with van der Waals surface area (Å²) in [6.45, 7) is 4.32. The molecule has 0 saturated heterocycles. The standard InChI is InChI=1S/C20H29N3O6S/c1-3-22(4-2)20(25)18(14-15-10-12-16(13-11-15)23(26)27)19(24)21-30(28,29)17-8-6-5-7-9-17/h10-13,17-18H,3-9,14H2,1-2H3,(H,21,24). The van der Waals surface area contributed by atoms with Crippen LogP contribution in [0.5, 0.6) is 0 Å². The lowest BCUT2D eigenvalue weighted by Gasteiger charge is -2.26. The van der Waals surface area contributed by atoms with E-state index in [4.69, 9.17) is 0 Å². The third kappa shape index (κ3) is 6.01. The number of hydrogen-bond acceptors (Lipinski definition) is 6. The molecule has 1 saturated carbocycles. The lowest BCUT2D eigenvalue weighted by atomic mass is 9.97. The average molecular weight is 440 g/mol. The lowest BCUT2D eigenvalue weighted by Crippen LogP contribution is -2.48. The van der Waals surface area contributed by atoms with Crippen LogP contribution in [0, 0.1) is 16.0 Å². The fourth-order valence-corrected chi connectivity index (χ4v) is 5.25. The Morgan fingerprint density at radius 1 is 1.13 bits per heavy atom. The number of carbonyl (C=O) groups excluding carboxylic acids is 2. The van der Waals surface area contributed by atoms with Crippen LogP contribution in [0.4, 0.5) is 5.69 Å². The summed E-state index contributed by atoms with van der Waals surface area (Å²) >= 11 is 0. The van der Waals surface area contributed by atoms with Crippen LogP contribution in [-0.4, -0.2) is 48.4 Å². The van der Waals surface area contributed by atoms with Crippen LogP contribution < -0.4 is 4.72 Å². The van der Waals surface area contributed by atoms with Gasteiger partial charge in [-0.05, 0) is 38.7 Å². The summed E-state index contributed by atoms with van der Waals surface area (Å²) in [5.41, 5.74) is 0.436. The van der Waals surface area contributed by atoms with Gasteiger partial charge in [0, 0.05) is 25.2 Å². The molecular weight excluding hydrogens is 410 g/mol. The van der Waals surface area contributed by atoms with Gasteiger partial charge in [-0.3, -0.25) is 24.4 Å². The molecule has 2 amide bonds. The molecular formula is C20H29N3O6S. The minimum atomic E-state index is -3.87. The highest BCUT2D eigenvalue weighted by Crippen LogP contribution is 2.24. The van der Waals surface area contributed by atoms with Crippen molar-refractivity contribution in [3.63, 3.8) is 0 Å². The summed E-state index contributed by atoms with van der Waals surface area (Å²) in [6.07, 6.45) is 3.52. The van der Waals surface area contributed by atoms with E-state index in [1.807, 2.05) is 0 Å². The first-order chi connectivity index (χ1) is 14.2. The number of nitrogens with zero attached hydrogens (tertiary/aromatic N) is 2. The van der Waals surface area contributed by atoms with Crippen LogP contribution in [0.25, 0.3) is 0 Å². The van der Waals surface area contributed by atoms with Crippen molar-refractivity contribution in [3.8, 4) is 0 Å². The Labute approximate surface area is 177 Å². The molecule has 0 radical (unpaired) electrons. The molecule has 30 heavy (non-hydrogen) atoms. The predicted octanol–water partition coefficient (Wildman–Crippen LogP) is 2.40. The lowest BCUT2D eigenvalue weighted by molar-refractivity contribution is -0.384. The molecule has 1 aromatic carbocycles. The maximum atomic E-state index is 13.0. The zero-order chi connectivity index (χ0) is 22.3. The third-order valence-electron chi connectivity index (χ3n) is 5.51. The van der Waals surface area contributed by atoms with E-state index in [9.17, 15) is 28.1 Å². The van der Waals surface area contributed by atoms with Gasteiger partial charge in [0.25, 0.3) is 5.69 Å². The number of amides is 2. The highest BCUT2D eigenvalue weighted by molar-refractivity contribution is 7.90. The summed E-state index contributed by atoms with van der Waals surface area (Å²) in [5.74, 6) is -2.55. The summed E-state index contributed by atoms with van der Waals surface area (Å²) < 4.78 is 27.5. The second-order valence-electron chi connectivity index (χ2n) is 7.46. The monoisotopic (exact) mass is 439 g/mol. The quantitative estimate of drug-likeness (QED) is 0.358. The van der Waals surface area contributed by atoms with Crippen molar-refractivity contribution in [1.29, 1.82) is 0 Å². The second-order valence-corrected chi connectivity index (χ2v) is 9.42. The predicted molar refractivity (Wildman–Crippen MR) is 112 cm³/mol. The molecule has 166 valence electrons. The minimum Gasteiger partial charge on any atom is -0.343 e. The molecule has 9 nitrogen and oxygen atoms in total. The van der Waals surface area contributed by atoms with Gasteiger partial charge in [0.15, 0.2) is 0 Å². The molecule has 1 aliphatic carbocycles. The minimum absolute atomic E-state index is 0.0423. The highest BCUT2D eigenvalue weighted by Gasteiger charge is 2.35. The Bertz CT molecular complexity index is 859. The zero-order valence-corrected chi connectivity index (χ0v) is 18.2. The van der Waals surface area contributed by atoms with Crippen molar-refractivity contribution in [2.75, 3.05) is 13.1 Å². The zero-order valence-electron chi connectivity index (χ0n) is 17.4. The number of nitro groups is 1. The van der Waals surface area contributed by atoms with Crippen molar-refractivity contribution in [1.82, 2.24) is 9.62 Å². The normalized spacial score (nSPS) is 15.9. The van der Waals surface area contributed by atoms with E-state index in [2.05, 4.69) is 4.72 Å². The fourth-order valence-electron chi connectivity index (χ4n) is 3.71. The van der Waals surface area contributed by atoms with Gasteiger partial charge in [-0.1, -0.05) is 31.4 Å². The molecule has 0 aromatic heterocycles. The molecule has 10 heteroatoms. The van der Waals surface area contributed by atoms with Crippen molar-refractivity contribution in [2.45, 2.75) is 57.6 Å². The molecule has 0 spiro atoms. The van der Waals surface area contributed by atoms with Gasteiger partial charge >= 0.3 is 0 Å². The van der Waals surface area contributed by atoms with E-state index in [1.165, 1.54) is 29.2 Å². The van der Waals surface area contributed by atoms with Crippen LogP contribution in [0.3, 0.4) is 0 Å². The van der Waals surface area contributed by atoms with Gasteiger partial charge in [-0.25, -0.2) is 8.42 Å². The topological polar surface area (TPSA) is 127 Å². The summed E-state index contributed by atoms with van der Waals surface area (Å²) in [6, 6.07) is 5.54. The molecule has 0 heterocycles. The number of sulfonamides is 1. The molecule has 1 N–H and O–H groups in total. The molecule has 0 aliphatic heterocycles. The van der Waals surface area contributed by atoms with Gasteiger partial charge in [-0.15, -0.1) is 0 Å². The van der Waals surface area contributed by atoms with Crippen molar-refractivity contribution >= 4 is 27.5 Å². The SMILES string of the molecule is CCN(CC)C(=O)C(Cc1ccc([N+](=O)[O-])cc1)C(=O)NS(=O)(=O)C1CCCCC1. The Hall–Kier alpha value is -2.49. The number of nitrogens with one attached hydrogen (secondary N) is 1. The van der Waals surface area contributed by atoms with Gasteiger partial charge < -0.3 is 4.90 Å². The number of rotatable bonds is 9. The third-order valence-corrected chi connectivity index (χ3v) is 7.35. The van der Waals surface area contributed by atoms with Gasteiger partial charge in [0.2, 0.25) is 21.8 Å². The summed E-state index contributed by atoms with van der Waals surface area (Å²) in [5, 5.41) is 10.2. The molecule has 0 bridgehead atoms. The molecule has 1 aliphatic rings. The van der Waals surface area contributed by atoms with E-state index < -0.39 is 37.9 Å². The number of carbonyl (C=O) groups is 2. The number of hydrogen-bond donors (Lipinski definition) is 1. The van der Waals surface area contributed by atoms with Crippen molar-refractivity contribution in [3.05, 3.63) is 39.9 Å². The molecule has 1 fully saturated rings. The van der Waals surface area contributed by atoms with Crippen molar-refractivity contribution < 1.29 is 22.9 Å². The van der Waals surface area contributed by atoms with Crippen LogP contribution >= 0.6 is 0 Å². The number of non-ortho nitro benzene ring substituents is 1. The first-order valence-corrected chi connectivity index (χ1v) is 11.8. The first-order valence-electron chi connectivity index (χ1n) is 10.3. The van der Waals surface area contributed by atoms with Crippen LogP contribution in [0.15, 0.2) is 24.3 Å². The van der Waals surface area contributed by atoms with E-state index in [-0.39, 0.29) is 12.1 Å². The smallest absolute Gasteiger partial charge is 0.269 e. The van der Waals surface area contributed by atoms with Crippen molar-refractivity contribution in [2.24, 2.45) is 5.92 Å². The Balaban J connectivity index is 2.24. The van der Waals surface area contributed by atoms with Gasteiger partial charge in [-0.2, -0.15) is 0 Å². The van der Waals surface area contributed by atoms with Gasteiger partial charge in [0.1, 0.15) is 5.92 Å². The summed E-state index contributed by atoms with van der Waals surface area (Å²) in [4.78, 5) is 37.6. The highest BCUT2D eigenvalue weighted by atomic mass is 32.2. The molecule has 1 unspecified atom stereocenters. The maximum absolute atomic E-state index is 13.0. The Kier molecular flexibility index (Phi) is 8.33. The largest absolute Gasteiger partial charge is 0.343 e. The second kappa shape index (κ2) is 10.5. The van der Waals surface area contributed by atoms with E-state index in [0.29, 0.717) is 31.5 Å². The van der Waals surface area contributed by atoms with Crippen LogP contribution in [0.1, 0.15) is 51.5 Å². The van der Waals surface area contributed by atoms with E-state index in [1.54, 1.807) is 13.8 Å². The maximum Gasteiger partial charge on any atom is 0.269 e. The van der Waals surface area contributed by atoms with E-state index in [0.717, 1.165) is 19.3 Å². The Morgan fingerprint density at radius 3 is 2.20 bits per heavy atom. The molecule has 1 atom stereocenters. The molecule has 2 rings (SSSR count). The van der Waals surface area contributed by atoms with E-state index >= 15 is 0 Å². The molecule has 1 aromatic rings. The number of benzene rings is 1. The first kappa shape index (κ1) is 23.8. The van der Waals surface area contributed by atoms with Crippen LogP contribution in [0.2, 0.25) is 0 Å². The Morgan fingerprint density at radius 2 is 1.70 bits per heavy atom.